The monoisotopic (exact) mass is 410 g/mol. The van der Waals surface area contributed by atoms with Crippen molar-refractivity contribution in [3.63, 3.8) is 0 Å². The Labute approximate surface area is 169 Å². The summed E-state index contributed by atoms with van der Waals surface area (Å²) in [6, 6.07) is 14.0. The minimum Gasteiger partial charge on any atom is -0.397 e. The molecule has 0 saturated carbocycles. The normalized spacial score (nSPS) is 11.1. The number of carbonyl (C=O) groups excluding carboxylic acids is 1. The third-order valence-electron chi connectivity index (χ3n) is 4.42. The van der Waals surface area contributed by atoms with E-state index in [1.54, 1.807) is 30.6 Å². The van der Waals surface area contributed by atoms with Gasteiger partial charge in [0.05, 0.1) is 11.4 Å². The van der Waals surface area contributed by atoms with Gasteiger partial charge in [-0.25, -0.2) is 13.8 Å². The molecule has 3 heterocycles. The van der Waals surface area contributed by atoms with Crippen LogP contribution in [0.3, 0.4) is 0 Å². The molecule has 3 N–H and O–H groups in total. The van der Waals surface area contributed by atoms with Crippen molar-refractivity contribution in [1.82, 2.24) is 15.3 Å². The van der Waals surface area contributed by atoms with Crippen molar-refractivity contribution < 1.29 is 13.6 Å². The highest BCUT2D eigenvalue weighted by atomic mass is 32.1. The number of alkyl halides is 2. The smallest absolute Gasteiger partial charge is 0.264 e. The molecule has 0 saturated heterocycles. The van der Waals surface area contributed by atoms with Crippen molar-refractivity contribution in [3.05, 3.63) is 76.9 Å². The first kappa shape index (κ1) is 18.9. The molecule has 3 aromatic heterocycles. The number of nitrogen functional groups attached to an aromatic ring is 1. The third-order valence-corrected chi connectivity index (χ3v) is 5.51. The Morgan fingerprint density at radius 1 is 1.17 bits per heavy atom. The molecule has 0 aliphatic rings. The fourth-order valence-electron chi connectivity index (χ4n) is 3.01. The molecule has 29 heavy (non-hydrogen) atoms. The molecular formula is C21H16F2N4OS. The predicted octanol–water partition coefficient (Wildman–Crippen LogP) is 4.81. The Hall–Kier alpha value is -3.39. The van der Waals surface area contributed by atoms with Crippen LogP contribution in [-0.4, -0.2) is 15.9 Å². The fourth-order valence-corrected chi connectivity index (χ4v) is 4.06. The molecule has 0 aliphatic heterocycles. The van der Waals surface area contributed by atoms with E-state index in [9.17, 15) is 13.6 Å². The summed E-state index contributed by atoms with van der Waals surface area (Å²) in [6.45, 7) is 0.255. The zero-order valence-corrected chi connectivity index (χ0v) is 15.9. The van der Waals surface area contributed by atoms with Gasteiger partial charge in [0.1, 0.15) is 9.71 Å². The number of hydrogen-bond acceptors (Lipinski definition) is 5. The lowest BCUT2D eigenvalue weighted by Crippen LogP contribution is -2.22. The van der Waals surface area contributed by atoms with Crippen LogP contribution in [-0.2, 0) is 6.54 Å². The van der Waals surface area contributed by atoms with Crippen LogP contribution in [0, 0.1) is 0 Å². The Bertz CT molecular complexity index is 1160. The molecule has 0 unspecified atom stereocenters. The second-order valence-electron chi connectivity index (χ2n) is 6.33. The topological polar surface area (TPSA) is 80.9 Å². The van der Waals surface area contributed by atoms with Gasteiger partial charge in [-0.1, -0.05) is 36.4 Å². The van der Waals surface area contributed by atoms with Crippen LogP contribution < -0.4 is 11.1 Å². The maximum atomic E-state index is 13.8. The maximum Gasteiger partial charge on any atom is 0.264 e. The molecule has 0 fully saturated rings. The molecule has 146 valence electrons. The van der Waals surface area contributed by atoms with E-state index in [1.165, 1.54) is 6.07 Å². The van der Waals surface area contributed by atoms with Crippen LogP contribution in [0.2, 0.25) is 0 Å². The van der Waals surface area contributed by atoms with Crippen molar-refractivity contribution in [2.24, 2.45) is 0 Å². The van der Waals surface area contributed by atoms with E-state index in [0.29, 0.717) is 16.1 Å². The lowest BCUT2D eigenvalue weighted by molar-refractivity contribution is 0.0955. The van der Waals surface area contributed by atoms with Gasteiger partial charge < -0.3 is 11.1 Å². The van der Waals surface area contributed by atoms with Gasteiger partial charge in [0.25, 0.3) is 12.3 Å². The first-order chi connectivity index (χ1) is 14.0. The van der Waals surface area contributed by atoms with Crippen LogP contribution in [0.25, 0.3) is 21.5 Å². The Morgan fingerprint density at radius 3 is 2.66 bits per heavy atom. The van der Waals surface area contributed by atoms with E-state index in [2.05, 4.69) is 15.3 Å². The van der Waals surface area contributed by atoms with Crippen LogP contribution in [0.5, 0.6) is 0 Å². The average Bonchev–Trinajstić information content (AvgIpc) is 3.09. The Balaban J connectivity index is 1.73. The molecule has 0 radical (unpaired) electrons. The summed E-state index contributed by atoms with van der Waals surface area (Å²) in [5.74, 6) is -0.434. The van der Waals surface area contributed by atoms with Crippen molar-refractivity contribution in [1.29, 1.82) is 0 Å². The number of nitrogens with two attached hydrogens (primary N) is 1. The van der Waals surface area contributed by atoms with Crippen molar-refractivity contribution in [2.75, 3.05) is 5.73 Å². The zero-order valence-electron chi connectivity index (χ0n) is 15.1. The molecule has 1 amide bonds. The molecule has 0 atom stereocenters. The number of aromatic nitrogens is 2. The first-order valence-corrected chi connectivity index (χ1v) is 9.60. The number of nitrogens with zero attached hydrogens (tertiary/aromatic N) is 2. The largest absolute Gasteiger partial charge is 0.397 e. The number of nitrogens with one attached hydrogen (secondary N) is 1. The molecule has 1 aromatic carbocycles. The summed E-state index contributed by atoms with van der Waals surface area (Å²) < 4.78 is 27.5. The van der Waals surface area contributed by atoms with E-state index in [-0.39, 0.29) is 28.1 Å². The SMILES string of the molecule is Nc1c(C(=O)NCc2cccnc2)sc2nc(-c3ccccc3)cc(C(F)F)c12. The van der Waals surface area contributed by atoms with E-state index in [0.717, 1.165) is 16.9 Å². The number of benzene rings is 1. The van der Waals surface area contributed by atoms with Gasteiger partial charge in [-0.05, 0) is 17.7 Å². The van der Waals surface area contributed by atoms with E-state index in [1.807, 2.05) is 24.3 Å². The maximum absolute atomic E-state index is 13.8. The molecule has 4 rings (SSSR count). The van der Waals surface area contributed by atoms with Gasteiger partial charge in [0, 0.05) is 35.5 Å². The van der Waals surface area contributed by atoms with E-state index >= 15 is 0 Å². The summed E-state index contributed by atoms with van der Waals surface area (Å²) in [4.78, 5) is 21.6. The van der Waals surface area contributed by atoms with Gasteiger partial charge in [0.2, 0.25) is 0 Å². The predicted molar refractivity (Wildman–Crippen MR) is 110 cm³/mol. The van der Waals surface area contributed by atoms with Crippen LogP contribution in [0.1, 0.15) is 27.2 Å². The number of anilines is 1. The van der Waals surface area contributed by atoms with Crippen LogP contribution in [0.15, 0.2) is 60.9 Å². The van der Waals surface area contributed by atoms with Crippen molar-refractivity contribution in [2.45, 2.75) is 13.0 Å². The molecule has 8 heteroatoms. The lowest BCUT2D eigenvalue weighted by Gasteiger charge is -2.07. The summed E-state index contributed by atoms with van der Waals surface area (Å²) >= 11 is 1.01. The lowest BCUT2D eigenvalue weighted by atomic mass is 10.1. The summed E-state index contributed by atoms with van der Waals surface area (Å²) in [5.41, 5.74) is 7.84. The number of carbonyl (C=O) groups is 1. The van der Waals surface area contributed by atoms with Gasteiger partial charge in [-0.3, -0.25) is 9.78 Å². The minimum absolute atomic E-state index is 0.0242. The number of rotatable bonds is 5. The highest BCUT2D eigenvalue weighted by Gasteiger charge is 2.24. The number of hydrogen-bond donors (Lipinski definition) is 2. The van der Waals surface area contributed by atoms with Gasteiger partial charge in [0.15, 0.2) is 0 Å². The first-order valence-electron chi connectivity index (χ1n) is 8.78. The van der Waals surface area contributed by atoms with Crippen LogP contribution in [0.4, 0.5) is 14.5 Å². The highest BCUT2D eigenvalue weighted by molar-refractivity contribution is 7.21. The minimum atomic E-state index is -2.74. The van der Waals surface area contributed by atoms with Crippen molar-refractivity contribution >= 4 is 33.1 Å². The zero-order chi connectivity index (χ0) is 20.4. The quantitative estimate of drug-likeness (QED) is 0.495. The molecule has 5 nitrogen and oxygen atoms in total. The average molecular weight is 410 g/mol. The van der Waals surface area contributed by atoms with Gasteiger partial charge in [-0.2, -0.15) is 0 Å². The van der Waals surface area contributed by atoms with Gasteiger partial charge in [-0.15, -0.1) is 11.3 Å². The Morgan fingerprint density at radius 2 is 1.97 bits per heavy atom. The highest BCUT2D eigenvalue weighted by Crippen LogP contribution is 2.40. The number of thiophene rings is 1. The summed E-state index contributed by atoms with van der Waals surface area (Å²) in [6.07, 6.45) is 0.528. The number of amides is 1. The third kappa shape index (κ3) is 3.79. The van der Waals surface area contributed by atoms with Crippen molar-refractivity contribution in [3.8, 4) is 11.3 Å². The van der Waals surface area contributed by atoms with E-state index in [4.69, 9.17) is 5.73 Å². The number of pyridine rings is 2. The van der Waals surface area contributed by atoms with Gasteiger partial charge >= 0.3 is 0 Å². The number of halogens is 2. The fraction of sp³-hybridized carbons (Fsp3) is 0.0952. The molecule has 0 aliphatic carbocycles. The standard InChI is InChI=1S/C21H16F2N4OS/c22-19(23)14-9-15(13-6-2-1-3-7-13)27-21-16(14)17(24)18(29-21)20(28)26-11-12-5-4-8-25-10-12/h1-10,19H,11,24H2,(H,26,28). The molecule has 4 aromatic rings. The Kier molecular flexibility index (Phi) is 5.18. The second-order valence-corrected chi connectivity index (χ2v) is 7.33. The second kappa shape index (κ2) is 7.92. The molecular weight excluding hydrogens is 394 g/mol. The molecule has 0 bridgehead atoms. The van der Waals surface area contributed by atoms with Crippen LogP contribution >= 0.6 is 11.3 Å². The summed E-state index contributed by atoms with van der Waals surface area (Å²) in [5, 5.41) is 2.88. The summed E-state index contributed by atoms with van der Waals surface area (Å²) in [7, 11) is 0. The number of fused-ring (bicyclic) bond motifs is 1. The van der Waals surface area contributed by atoms with E-state index < -0.39 is 12.3 Å². The molecule has 0 spiro atoms.